The van der Waals surface area contributed by atoms with E-state index in [1.165, 1.54) is 6.07 Å². The van der Waals surface area contributed by atoms with Gasteiger partial charge in [0.1, 0.15) is 5.69 Å². The van der Waals surface area contributed by atoms with Gasteiger partial charge in [-0.3, -0.25) is 10.1 Å². The Morgan fingerprint density at radius 3 is 2.50 bits per heavy atom. The molecule has 0 saturated heterocycles. The maximum atomic E-state index is 12.1. The zero-order valence-corrected chi connectivity index (χ0v) is 12.5. The molecule has 112 valence electrons. The van der Waals surface area contributed by atoms with Crippen LogP contribution in [-0.2, 0) is 10.0 Å². The normalized spacial score (nSPS) is 11.8. The first-order chi connectivity index (χ1) is 9.15. The second-order valence-corrected chi connectivity index (χ2v) is 6.75. The van der Waals surface area contributed by atoms with Crippen LogP contribution in [0.1, 0.15) is 25.8 Å². The van der Waals surface area contributed by atoms with Crippen molar-refractivity contribution in [3.8, 4) is 0 Å². The number of sulfonamides is 1. The van der Waals surface area contributed by atoms with Crippen molar-refractivity contribution >= 4 is 21.4 Å². The summed E-state index contributed by atoms with van der Waals surface area (Å²) in [6.07, 6.45) is 0.690. The van der Waals surface area contributed by atoms with Gasteiger partial charge >= 0.3 is 0 Å². The van der Waals surface area contributed by atoms with Crippen molar-refractivity contribution in [3.63, 3.8) is 0 Å². The van der Waals surface area contributed by atoms with E-state index in [0.29, 0.717) is 17.9 Å². The lowest BCUT2D eigenvalue weighted by atomic mass is 10.1. The predicted octanol–water partition coefficient (Wildman–Crippen LogP) is 1.81. The van der Waals surface area contributed by atoms with Gasteiger partial charge in [-0.1, -0.05) is 13.8 Å². The van der Waals surface area contributed by atoms with Crippen LogP contribution in [0.4, 0.5) is 11.4 Å². The smallest absolute Gasteiger partial charge is 0.293 e. The molecule has 0 radical (unpaired) electrons. The highest BCUT2D eigenvalue weighted by Crippen LogP contribution is 2.28. The second-order valence-electron chi connectivity index (χ2n) is 5.01. The van der Waals surface area contributed by atoms with Gasteiger partial charge in [0.2, 0.25) is 10.0 Å². The van der Waals surface area contributed by atoms with E-state index >= 15 is 0 Å². The number of nitrogen functional groups attached to an aromatic ring is 1. The van der Waals surface area contributed by atoms with Crippen LogP contribution in [0.3, 0.4) is 0 Å². The molecule has 8 heteroatoms. The number of anilines is 1. The van der Waals surface area contributed by atoms with E-state index in [4.69, 9.17) is 5.73 Å². The lowest BCUT2D eigenvalue weighted by molar-refractivity contribution is -0.384. The number of benzene rings is 1. The average Bonchev–Trinajstić information content (AvgIpc) is 2.26. The van der Waals surface area contributed by atoms with Crippen LogP contribution in [-0.4, -0.2) is 19.9 Å². The molecule has 3 N–H and O–H groups in total. The highest BCUT2D eigenvalue weighted by molar-refractivity contribution is 7.89. The number of nitro groups is 1. The molecule has 0 saturated carbocycles. The fourth-order valence-electron chi connectivity index (χ4n) is 1.71. The molecule has 1 rings (SSSR count). The van der Waals surface area contributed by atoms with Gasteiger partial charge in [0.15, 0.2) is 0 Å². The summed E-state index contributed by atoms with van der Waals surface area (Å²) in [6, 6.07) is 2.30. The lowest BCUT2D eigenvalue weighted by Gasteiger charge is -2.11. The maximum Gasteiger partial charge on any atom is 0.293 e. The number of nitrogens with one attached hydrogen (secondary N) is 1. The Morgan fingerprint density at radius 1 is 1.40 bits per heavy atom. The molecule has 0 atom stereocenters. The Morgan fingerprint density at radius 2 is 2.00 bits per heavy atom. The van der Waals surface area contributed by atoms with E-state index in [-0.39, 0.29) is 17.1 Å². The van der Waals surface area contributed by atoms with Crippen molar-refractivity contribution in [3.05, 3.63) is 27.8 Å². The molecule has 0 heterocycles. The quantitative estimate of drug-likeness (QED) is 0.472. The summed E-state index contributed by atoms with van der Waals surface area (Å²) in [5, 5.41) is 10.8. The van der Waals surface area contributed by atoms with Gasteiger partial charge in [0, 0.05) is 12.6 Å². The summed E-state index contributed by atoms with van der Waals surface area (Å²) in [4.78, 5) is 10.0. The van der Waals surface area contributed by atoms with Gasteiger partial charge < -0.3 is 5.73 Å². The fraction of sp³-hybridized carbons (Fsp3) is 0.500. The Labute approximate surface area is 118 Å². The molecule has 0 spiro atoms. The standard InChI is InChI=1S/C12H19N3O4S/c1-8(2)4-5-14-20(18,19)12-7-11(15(16)17)10(13)6-9(12)3/h6-8,14H,4-5,13H2,1-3H3. The lowest BCUT2D eigenvalue weighted by Crippen LogP contribution is -2.26. The summed E-state index contributed by atoms with van der Waals surface area (Å²) >= 11 is 0. The molecule has 0 aromatic heterocycles. The zero-order chi connectivity index (χ0) is 15.5. The van der Waals surface area contributed by atoms with Crippen LogP contribution in [0.25, 0.3) is 0 Å². The number of nitrogens with zero attached hydrogens (tertiary/aromatic N) is 1. The fourth-order valence-corrected chi connectivity index (χ4v) is 3.00. The van der Waals surface area contributed by atoms with Gasteiger partial charge in [-0.15, -0.1) is 0 Å². The number of rotatable bonds is 6. The Bertz CT molecular complexity index is 611. The number of hydrogen-bond acceptors (Lipinski definition) is 5. The third-order valence-corrected chi connectivity index (χ3v) is 4.43. The van der Waals surface area contributed by atoms with Crippen molar-refractivity contribution in [2.24, 2.45) is 5.92 Å². The SMILES string of the molecule is Cc1cc(N)c([N+](=O)[O-])cc1S(=O)(=O)NCCC(C)C. The maximum absolute atomic E-state index is 12.1. The van der Waals surface area contributed by atoms with Crippen LogP contribution in [0.2, 0.25) is 0 Å². The van der Waals surface area contributed by atoms with Crippen LogP contribution >= 0.6 is 0 Å². The molecular weight excluding hydrogens is 282 g/mol. The molecule has 1 aromatic carbocycles. The molecule has 0 amide bonds. The number of hydrogen-bond donors (Lipinski definition) is 2. The first kappa shape index (κ1) is 16.4. The summed E-state index contributed by atoms with van der Waals surface area (Å²) in [6.45, 7) is 5.80. The van der Waals surface area contributed by atoms with Crippen LogP contribution in [0, 0.1) is 23.0 Å². The molecule has 1 aromatic rings. The Hall–Kier alpha value is -1.67. The Balaban J connectivity index is 3.11. The molecule has 0 aliphatic heterocycles. The van der Waals surface area contributed by atoms with E-state index in [9.17, 15) is 18.5 Å². The first-order valence-electron chi connectivity index (χ1n) is 6.19. The van der Waals surface area contributed by atoms with E-state index in [1.54, 1.807) is 6.92 Å². The molecule has 0 bridgehead atoms. The molecule has 0 unspecified atom stereocenters. The molecule has 0 fully saturated rings. The van der Waals surface area contributed by atoms with Gasteiger partial charge in [-0.25, -0.2) is 13.1 Å². The molecular formula is C12H19N3O4S. The first-order valence-corrected chi connectivity index (χ1v) is 7.67. The summed E-state index contributed by atoms with van der Waals surface area (Å²) in [5.41, 5.74) is 5.45. The van der Waals surface area contributed by atoms with E-state index in [2.05, 4.69) is 4.72 Å². The van der Waals surface area contributed by atoms with E-state index in [0.717, 1.165) is 6.07 Å². The summed E-state index contributed by atoms with van der Waals surface area (Å²) in [7, 11) is -3.77. The second kappa shape index (κ2) is 6.19. The topological polar surface area (TPSA) is 115 Å². The molecule has 7 nitrogen and oxygen atoms in total. The van der Waals surface area contributed by atoms with E-state index in [1.807, 2.05) is 13.8 Å². The van der Waals surface area contributed by atoms with Crippen molar-refractivity contribution in [2.75, 3.05) is 12.3 Å². The molecule has 20 heavy (non-hydrogen) atoms. The predicted molar refractivity (Wildman–Crippen MR) is 76.9 cm³/mol. The highest BCUT2D eigenvalue weighted by atomic mass is 32.2. The zero-order valence-electron chi connectivity index (χ0n) is 11.7. The van der Waals surface area contributed by atoms with E-state index < -0.39 is 20.6 Å². The minimum Gasteiger partial charge on any atom is -0.393 e. The summed E-state index contributed by atoms with van der Waals surface area (Å²) < 4.78 is 26.7. The highest BCUT2D eigenvalue weighted by Gasteiger charge is 2.22. The minimum absolute atomic E-state index is 0.0476. The minimum atomic E-state index is -3.77. The van der Waals surface area contributed by atoms with Gasteiger partial charge in [0.25, 0.3) is 5.69 Å². The van der Waals surface area contributed by atoms with Gasteiger partial charge in [0.05, 0.1) is 9.82 Å². The van der Waals surface area contributed by atoms with Crippen molar-refractivity contribution in [1.29, 1.82) is 0 Å². The molecule has 0 aliphatic rings. The number of aryl methyl sites for hydroxylation is 1. The third-order valence-electron chi connectivity index (χ3n) is 2.82. The van der Waals surface area contributed by atoms with Crippen molar-refractivity contribution in [2.45, 2.75) is 32.1 Å². The largest absolute Gasteiger partial charge is 0.393 e. The van der Waals surface area contributed by atoms with Crippen molar-refractivity contribution in [1.82, 2.24) is 4.72 Å². The van der Waals surface area contributed by atoms with Crippen molar-refractivity contribution < 1.29 is 13.3 Å². The number of nitro benzene ring substituents is 1. The van der Waals surface area contributed by atoms with Crippen LogP contribution < -0.4 is 10.5 Å². The average molecular weight is 301 g/mol. The third kappa shape index (κ3) is 3.91. The van der Waals surface area contributed by atoms with Crippen LogP contribution in [0.5, 0.6) is 0 Å². The van der Waals surface area contributed by atoms with Crippen LogP contribution in [0.15, 0.2) is 17.0 Å². The Kier molecular flexibility index (Phi) is 5.07. The summed E-state index contributed by atoms with van der Waals surface area (Å²) in [5.74, 6) is 0.361. The number of nitrogens with two attached hydrogens (primary N) is 1. The van der Waals surface area contributed by atoms with Gasteiger partial charge in [-0.05, 0) is 30.9 Å². The monoisotopic (exact) mass is 301 g/mol. The van der Waals surface area contributed by atoms with Gasteiger partial charge in [-0.2, -0.15) is 0 Å². The molecule has 0 aliphatic carbocycles.